The van der Waals surface area contributed by atoms with Crippen molar-refractivity contribution in [1.29, 1.82) is 0 Å². The number of carbonyl (C=O) groups is 1. The second kappa shape index (κ2) is 13.1. The summed E-state index contributed by atoms with van der Waals surface area (Å²) in [7, 11) is 0. The summed E-state index contributed by atoms with van der Waals surface area (Å²) < 4.78 is 11.6. The van der Waals surface area contributed by atoms with Crippen molar-refractivity contribution >= 4 is 17.8 Å². The van der Waals surface area contributed by atoms with Crippen molar-refractivity contribution in [2.45, 2.75) is 78.1 Å². The van der Waals surface area contributed by atoms with Crippen molar-refractivity contribution in [3.8, 4) is 5.75 Å². The molecule has 3 rings (SSSR count). The summed E-state index contributed by atoms with van der Waals surface area (Å²) in [6.07, 6.45) is 4.77. The molecule has 0 bridgehead atoms. The average molecular weight is 508 g/mol. The molecule has 1 aliphatic heterocycles. The van der Waals surface area contributed by atoms with E-state index in [1.165, 1.54) is 16.8 Å². The maximum Gasteiger partial charge on any atom is 0.240 e. The van der Waals surface area contributed by atoms with E-state index in [1.807, 2.05) is 12.1 Å². The maximum absolute atomic E-state index is 12.3. The van der Waals surface area contributed by atoms with Gasteiger partial charge in [-0.3, -0.25) is 4.79 Å². The Morgan fingerprint density at radius 2 is 1.70 bits per heavy atom. The first-order valence-corrected chi connectivity index (χ1v) is 13.7. The van der Waals surface area contributed by atoms with Gasteiger partial charge in [-0.2, -0.15) is 5.10 Å². The van der Waals surface area contributed by atoms with Gasteiger partial charge in [-0.15, -0.1) is 0 Å². The van der Waals surface area contributed by atoms with Crippen LogP contribution >= 0.6 is 0 Å². The van der Waals surface area contributed by atoms with E-state index in [1.54, 1.807) is 6.21 Å². The molecule has 2 aromatic rings. The molecule has 6 heteroatoms. The molecule has 1 saturated heterocycles. The Labute approximate surface area is 223 Å². The Bertz CT molecular complexity index is 1040. The molecule has 1 heterocycles. The first kappa shape index (κ1) is 28.7. The molecule has 6 nitrogen and oxygen atoms in total. The zero-order valence-electron chi connectivity index (χ0n) is 23.6. The molecule has 0 atom stereocenters. The lowest BCUT2D eigenvalue weighted by Gasteiger charge is -2.30. The Hall–Kier alpha value is -2.86. The summed E-state index contributed by atoms with van der Waals surface area (Å²) in [4.78, 5) is 14.6. The Kier molecular flexibility index (Phi) is 10.2. The summed E-state index contributed by atoms with van der Waals surface area (Å²) >= 11 is 0. The highest BCUT2D eigenvalue weighted by Crippen LogP contribution is 2.38. The molecule has 2 aromatic carbocycles. The number of morpholine rings is 1. The fourth-order valence-corrected chi connectivity index (χ4v) is 4.24. The molecule has 0 unspecified atom stereocenters. The summed E-state index contributed by atoms with van der Waals surface area (Å²) in [6.45, 7) is 17.4. The highest BCUT2D eigenvalue weighted by atomic mass is 16.5. The first-order valence-electron chi connectivity index (χ1n) is 13.7. The molecule has 1 N–H and O–H groups in total. The number of hydrogen-bond donors (Lipinski definition) is 1. The van der Waals surface area contributed by atoms with E-state index in [4.69, 9.17) is 9.47 Å². The lowest BCUT2D eigenvalue weighted by Crippen LogP contribution is -2.36. The number of nitrogens with one attached hydrogen (secondary N) is 1. The van der Waals surface area contributed by atoms with Crippen molar-refractivity contribution < 1.29 is 14.3 Å². The predicted molar refractivity (Wildman–Crippen MR) is 153 cm³/mol. The van der Waals surface area contributed by atoms with Crippen molar-refractivity contribution in [1.82, 2.24) is 5.43 Å². The number of rotatable bonds is 12. The second-order valence-electron chi connectivity index (χ2n) is 11.1. The number of hydrogen-bond acceptors (Lipinski definition) is 5. The van der Waals surface area contributed by atoms with Crippen LogP contribution in [0, 0.1) is 0 Å². The fourth-order valence-electron chi connectivity index (χ4n) is 4.24. The first-order chi connectivity index (χ1) is 17.7. The number of benzene rings is 2. The highest BCUT2D eigenvalue weighted by Gasteiger charge is 2.26. The Morgan fingerprint density at radius 1 is 1.03 bits per heavy atom. The summed E-state index contributed by atoms with van der Waals surface area (Å²) in [6, 6.07) is 14.8. The van der Waals surface area contributed by atoms with E-state index in [9.17, 15) is 4.79 Å². The van der Waals surface area contributed by atoms with Gasteiger partial charge in [0, 0.05) is 30.8 Å². The molecule has 1 aliphatic rings. The molecule has 1 amide bonds. The lowest BCUT2D eigenvalue weighted by molar-refractivity contribution is -0.121. The summed E-state index contributed by atoms with van der Waals surface area (Å²) in [5.41, 5.74) is 7.48. The predicted octanol–water partition coefficient (Wildman–Crippen LogP) is 6.21. The maximum atomic E-state index is 12.3. The van der Waals surface area contributed by atoms with Crippen molar-refractivity contribution in [3.63, 3.8) is 0 Å². The summed E-state index contributed by atoms with van der Waals surface area (Å²) in [5.74, 6) is 0.806. The van der Waals surface area contributed by atoms with Gasteiger partial charge in [0.25, 0.3) is 0 Å². The quantitative estimate of drug-likeness (QED) is 0.211. The third-order valence-corrected chi connectivity index (χ3v) is 7.74. The van der Waals surface area contributed by atoms with Crippen LogP contribution in [0.5, 0.6) is 5.75 Å². The monoisotopic (exact) mass is 507 g/mol. The lowest BCUT2D eigenvalue weighted by atomic mass is 9.76. The molecule has 0 aromatic heterocycles. The third kappa shape index (κ3) is 8.06. The topological polar surface area (TPSA) is 63.2 Å². The van der Waals surface area contributed by atoms with Crippen LogP contribution in [0.2, 0.25) is 0 Å². The Morgan fingerprint density at radius 3 is 2.35 bits per heavy atom. The van der Waals surface area contributed by atoms with Crippen LogP contribution in [0.15, 0.2) is 47.6 Å². The van der Waals surface area contributed by atoms with E-state index < -0.39 is 0 Å². The average Bonchev–Trinajstić information content (AvgIpc) is 2.92. The van der Waals surface area contributed by atoms with E-state index in [-0.39, 0.29) is 16.7 Å². The van der Waals surface area contributed by atoms with Gasteiger partial charge < -0.3 is 14.4 Å². The number of ether oxygens (including phenoxy) is 2. The zero-order valence-corrected chi connectivity index (χ0v) is 23.6. The standard InChI is InChI=1S/C31H45N3O3/c1-7-30(3,4)25-13-16-28(27(22-25)31(5,6)8-2)37-19-9-10-29(35)33-32-23-24-11-14-26(15-12-24)34-17-20-36-21-18-34/h11-16,22-23H,7-10,17-21H2,1-6H3,(H,33,35). The van der Waals surface area contributed by atoms with Crippen LogP contribution in [0.4, 0.5) is 5.69 Å². The van der Waals surface area contributed by atoms with Gasteiger partial charge in [-0.1, -0.05) is 65.8 Å². The number of hydrazone groups is 1. The van der Waals surface area contributed by atoms with Crippen LogP contribution in [0.1, 0.15) is 83.9 Å². The van der Waals surface area contributed by atoms with Gasteiger partial charge in [0.1, 0.15) is 5.75 Å². The smallest absolute Gasteiger partial charge is 0.240 e. The minimum absolute atomic E-state index is 0.0155. The molecular weight excluding hydrogens is 462 g/mol. The number of amides is 1. The fraction of sp³-hybridized carbons (Fsp3) is 0.548. The van der Waals surface area contributed by atoms with Gasteiger partial charge in [-0.25, -0.2) is 5.43 Å². The van der Waals surface area contributed by atoms with Crippen molar-refractivity contribution in [2.24, 2.45) is 5.10 Å². The van der Waals surface area contributed by atoms with Crippen molar-refractivity contribution in [3.05, 3.63) is 59.2 Å². The highest BCUT2D eigenvalue weighted by molar-refractivity contribution is 5.82. The van der Waals surface area contributed by atoms with Gasteiger partial charge in [0.05, 0.1) is 26.0 Å². The van der Waals surface area contributed by atoms with E-state index in [0.717, 1.165) is 50.5 Å². The molecule has 0 aliphatic carbocycles. The number of anilines is 1. The van der Waals surface area contributed by atoms with Crippen LogP contribution in [-0.2, 0) is 20.4 Å². The molecule has 0 radical (unpaired) electrons. The van der Waals surface area contributed by atoms with Crippen LogP contribution in [-0.4, -0.2) is 45.0 Å². The Balaban J connectivity index is 1.47. The van der Waals surface area contributed by atoms with E-state index in [2.05, 4.69) is 87.3 Å². The molecular formula is C31H45N3O3. The van der Waals surface area contributed by atoms with E-state index in [0.29, 0.717) is 19.4 Å². The van der Waals surface area contributed by atoms with Crippen LogP contribution in [0.3, 0.4) is 0 Å². The van der Waals surface area contributed by atoms with Gasteiger partial charge in [-0.05, 0) is 59.4 Å². The molecule has 0 spiro atoms. The zero-order chi connectivity index (χ0) is 26.9. The minimum Gasteiger partial charge on any atom is -0.493 e. The molecule has 37 heavy (non-hydrogen) atoms. The largest absolute Gasteiger partial charge is 0.493 e. The molecule has 0 saturated carbocycles. The minimum atomic E-state index is -0.112. The SMILES string of the molecule is CCC(C)(C)c1ccc(OCCCC(=O)NN=Cc2ccc(N3CCOCC3)cc2)c(C(C)(C)CC)c1. The van der Waals surface area contributed by atoms with Gasteiger partial charge in [0.15, 0.2) is 0 Å². The molecule has 202 valence electrons. The second-order valence-corrected chi connectivity index (χ2v) is 11.1. The van der Waals surface area contributed by atoms with Gasteiger partial charge in [0.2, 0.25) is 5.91 Å². The van der Waals surface area contributed by atoms with Crippen molar-refractivity contribution in [2.75, 3.05) is 37.8 Å². The number of carbonyl (C=O) groups excluding carboxylic acids is 1. The number of nitrogens with zero attached hydrogens (tertiary/aromatic N) is 2. The van der Waals surface area contributed by atoms with Crippen LogP contribution < -0.4 is 15.1 Å². The molecule has 1 fully saturated rings. The summed E-state index contributed by atoms with van der Waals surface area (Å²) in [5, 5.41) is 4.12. The normalized spacial score (nSPS) is 14.7. The van der Waals surface area contributed by atoms with E-state index >= 15 is 0 Å². The van der Waals surface area contributed by atoms with Crippen LogP contribution in [0.25, 0.3) is 0 Å². The third-order valence-electron chi connectivity index (χ3n) is 7.74. The van der Waals surface area contributed by atoms with Gasteiger partial charge >= 0.3 is 0 Å².